The Labute approximate surface area is 157 Å². The molecule has 1 aliphatic rings. The van der Waals surface area contributed by atoms with E-state index in [9.17, 15) is 4.79 Å². The summed E-state index contributed by atoms with van der Waals surface area (Å²) in [5, 5.41) is 7.37. The van der Waals surface area contributed by atoms with Crippen LogP contribution in [0.25, 0.3) is 0 Å². The predicted octanol–water partition coefficient (Wildman–Crippen LogP) is 4.22. The Morgan fingerprint density at radius 3 is 2.75 bits per heavy atom. The van der Waals surface area contributed by atoms with Gasteiger partial charge in [0.05, 0.1) is 0 Å². The van der Waals surface area contributed by atoms with Gasteiger partial charge in [0.25, 0.3) is 0 Å². The summed E-state index contributed by atoms with van der Waals surface area (Å²) in [7, 11) is 0. The lowest BCUT2D eigenvalue weighted by molar-refractivity contribution is -0.123. The van der Waals surface area contributed by atoms with Crippen LogP contribution in [-0.4, -0.2) is 24.5 Å². The fraction of sp³-hybridized carbons (Fsp3) is 0.632. The minimum Gasteiger partial charge on any atom is -0.351 e. The summed E-state index contributed by atoms with van der Waals surface area (Å²) in [6.45, 7) is 8.46. The van der Waals surface area contributed by atoms with Gasteiger partial charge in [-0.05, 0) is 69.7 Å². The first-order valence-electron chi connectivity index (χ1n) is 8.62. The summed E-state index contributed by atoms with van der Waals surface area (Å²) in [4.78, 5) is 12.4. The third-order valence-corrected chi connectivity index (χ3v) is 5.08. The molecule has 1 aliphatic heterocycles. The molecular formula is C19H30Cl2N2O. The van der Waals surface area contributed by atoms with E-state index < -0.39 is 0 Å². The number of carbonyl (C=O) groups is 1. The molecule has 0 spiro atoms. The molecule has 24 heavy (non-hydrogen) atoms. The molecule has 0 aliphatic carbocycles. The molecule has 3 nitrogen and oxygen atoms in total. The van der Waals surface area contributed by atoms with Crippen molar-refractivity contribution < 1.29 is 4.79 Å². The largest absolute Gasteiger partial charge is 0.351 e. The monoisotopic (exact) mass is 372 g/mol. The quantitative estimate of drug-likeness (QED) is 0.784. The maximum atomic E-state index is 12.4. The molecule has 2 rings (SSSR count). The van der Waals surface area contributed by atoms with Crippen LogP contribution in [0, 0.1) is 11.8 Å². The van der Waals surface area contributed by atoms with Gasteiger partial charge >= 0.3 is 0 Å². The van der Waals surface area contributed by atoms with Crippen molar-refractivity contribution in [1.29, 1.82) is 0 Å². The van der Waals surface area contributed by atoms with Crippen molar-refractivity contribution in [2.24, 2.45) is 11.8 Å². The van der Waals surface area contributed by atoms with E-state index in [1.54, 1.807) is 0 Å². The predicted molar refractivity (Wildman–Crippen MR) is 104 cm³/mol. The molecule has 1 amide bonds. The number of piperidine rings is 1. The lowest BCUT2D eigenvalue weighted by atomic mass is 9.85. The second kappa shape index (κ2) is 9.65. The SMILES string of the molecule is CC(CC(=O)NC(C)(C)Cc1ccccc1Cl)C1CCCNC1.Cl. The van der Waals surface area contributed by atoms with Crippen LogP contribution in [0.2, 0.25) is 5.02 Å². The summed E-state index contributed by atoms with van der Waals surface area (Å²) < 4.78 is 0. The molecule has 136 valence electrons. The normalized spacial score (nSPS) is 19.2. The van der Waals surface area contributed by atoms with Crippen molar-refractivity contribution >= 4 is 29.9 Å². The smallest absolute Gasteiger partial charge is 0.220 e. The van der Waals surface area contributed by atoms with E-state index in [1.807, 2.05) is 24.3 Å². The van der Waals surface area contributed by atoms with Crippen LogP contribution in [0.15, 0.2) is 24.3 Å². The number of nitrogens with one attached hydrogen (secondary N) is 2. The highest BCUT2D eigenvalue weighted by molar-refractivity contribution is 6.31. The van der Waals surface area contributed by atoms with Crippen LogP contribution in [-0.2, 0) is 11.2 Å². The van der Waals surface area contributed by atoms with E-state index >= 15 is 0 Å². The number of benzene rings is 1. The molecule has 2 unspecified atom stereocenters. The van der Waals surface area contributed by atoms with Gasteiger partial charge in [-0.1, -0.05) is 36.7 Å². The van der Waals surface area contributed by atoms with Crippen LogP contribution < -0.4 is 10.6 Å². The van der Waals surface area contributed by atoms with Crippen LogP contribution in [0.3, 0.4) is 0 Å². The zero-order chi connectivity index (χ0) is 16.9. The van der Waals surface area contributed by atoms with Crippen LogP contribution >= 0.6 is 24.0 Å². The number of rotatable bonds is 6. The minimum absolute atomic E-state index is 0. The lowest BCUT2D eigenvalue weighted by Crippen LogP contribution is -2.46. The molecule has 2 atom stereocenters. The lowest BCUT2D eigenvalue weighted by Gasteiger charge is -2.31. The highest BCUT2D eigenvalue weighted by atomic mass is 35.5. The van der Waals surface area contributed by atoms with E-state index in [2.05, 4.69) is 31.4 Å². The summed E-state index contributed by atoms with van der Waals surface area (Å²) >= 11 is 6.23. The number of hydrogen-bond acceptors (Lipinski definition) is 2. The second-order valence-corrected chi connectivity index (χ2v) is 7.90. The van der Waals surface area contributed by atoms with Gasteiger partial charge in [0.1, 0.15) is 0 Å². The van der Waals surface area contributed by atoms with Crippen molar-refractivity contribution in [1.82, 2.24) is 10.6 Å². The van der Waals surface area contributed by atoms with Crippen molar-refractivity contribution in [3.05, 3.63) is 34.9 Å². The van der Waals surface area contributed by atoms with Crippen LogP contribution in [0.4, 0.5) is 0 Å². The van der Waals surface area contributed by atoms with Gasteiger partial charge in [0.2, 0.25) is 5.91 Å². The fourth-order valence-electron chi connectivity index (χ4n) is 3.41. The van der Waals surface area contributed by atoms with Gasteiger partial charge < -0.3 is 10.6 Å². The maximum Gasteiger partial charge on any atom is 0.220 e. The Morgan fingerprint density at radius 2 is 2.12 bits per heavy atom. The molecule has 1 aromatic rings. The van der Waals surface area contributed by atoms with E-state index in [4.69, 9.17) is 11.6 Å². The maximum absolute atomic E-state index is 12.4. The van der Waals surface area contributed by atoms with Gasteiger partial charge in [-0.25, -0.2) is 0 Å². The Hall–Kier alpha value is -0.770. The average Bonchev–Trinajstić information content (AvgIpc) is 2.49. The third-order valence-electron chi connectivity index (χ3n) is 4.72. The first-order valence-corrected chi connectivity index (χ1v) is 9.00. The van der Waals surface area contributed by atoms with Gasteiger partial charge in [-0.3, -0.25) is 4.79 Å². The van der Waals surface area contributed by atoms with E-state index in [-0.39, 0.29) is 23.9 Å². The van der Waals surface area contributed by atoms with Gasteiger partial charge in [0.15, 0.2) is 0 Å². The second-order valence-electron chi connectivity index (χ2n) is 7.49. The van der Waals surface area contributed by atoms with Crippen LogP contribution in [0.5, 0.6) is 0 Å². The van der Waals surface area contributed by atoms with E-state index in [0.29, 0.717) is 18.3 Å². The summed E-state index contributed by atoms with van der Waals surface area (Å²) in [6, 6.07) is 7.83. The fourth-order valence-corrected chi connectivity index (χ4v) is 3.62. The van der Waals surface area contributed by atoms with Crippen molar-refractivity contribution in [3.8, 4) is 0 Å². The minimum atomic E-state index is -0.299. The standard InChI is InChI=1S/C19H29ClN2O.ClH/c1-14(16-8-6-10-21-13-16)11-18(23)22-19(2,3)12-15-7-4-5-9-17(15)20;/h4-5,7,9,14,16,21H,6,8,10-13H2,1-3H3,(H,22,23);1H. The first kappa shape index (κ1) is 21.3. The topological polar surface area (TPSA) is 41.1 Å². The summed E-state index contributed by atoms with van der Waals surface area (Å²) in [5.74, 6) is 1.17. The van der Waals surface area contributed by atoms with Crippen molar-refractivity contribution in [3.63, 3.8) is 0 Å². The highest BCUT2D eigenvalue weighted by Gasteiger charge is 2.26. The molecule has 0 bridgehead atoms. The molecule has 0 radical (unpaired) electrons. The molecule has 5 heteroatoms. The molecule has 1 saturated heterocycles. The molecule has 0 aromatic heterocycles. The van der Waals surface area contributed by atoms with Crippen LogP contribution in [0.1, 0.15) is 45.6 Å². The van der Waals surface area contributed by atoms with Gasteiger partial charge in [-0.15, -0.1) is 12.4 Å². The molecule has 0 saturated carbocycles. The van der Waals surface area contributed by atoms with Crippen molar-refractivity contribution in [2.45, 2.75) is 52.0 Å². The van der Waals surface area contributed by atoms with E-state index in [0.717, 1.165) is 30.1 Å². The van der Waals surface area contributed by atoms with Crippen molar-refractivity contribution in [2.75, 3.05) is 13.1 Å². The Balaban J connectivity index is 0.00000288. The number of carbonyl (C=O) groups excluding carboxylic acids is 1. The summed E-state index contributed by atoms with van der Waals surface area (Å²) in [5.41, 5.74) is 0.774. The van der Waals surface area contributed by atoms with Gasteiger partial charge in [0, 0.05) is 17.0 Å². The Morgan fingerprint density at radius 1 is 1.42 bits per heavy atom. The molecular weight excluding hydrogens is 343 g/mol. The summed E-state index contributed by atoms with van der Waals surface area (Å²) in [6.07, 6.45) is 3.77. The molecule has 1 heterocycles. The zero-order valence-corrected chi connectivity index (χ0v) is 16.5. The number of halogens is 2. The first-order chi connectivity index (χ1) is 10.9. The van der Waals surface area contributed by atoms with E-state index in [1.165, 1.54) is 12.8 Å². The Kier molecular flexibility index (Phi) is 8.55. The zero-order valence-electron chi connectivity index (χ0n) is 14.9. The third kappa shape index (κ3) is 6.62. The molecule has 1 aromatic carbocycles. The average molecular weight is 373 g/mol. The number of hydrogen-bond donors (Lipinski definition) is 2. The number of amides is 1. The Bertz CT molecular complexity index is 528. The molecule has 2 N–H and O–H groups in total. The highest BCUT2D eigenvalue weighted by Crippen LogP contribution is 2.24. The molecule has 1 fully saturated rings. The van der Waals surface area contributed by atoms with Gasteiger partial charge in [-0.2, -0.15) is 0 Å².